The number of epoxide rings is 1. The minimum atomic E-state index is 0.166. The predicted octanol–water partition coefficient (Wildman–Crippen LogP) is 3.40. The molecule has 1 aliphatic carbocycles. The van der Waals surface area contributed by atoms with E-state index in [9.17, 15) is 0 Å². The van der Waals surface area contributed by atoms with Gasteiger partial charge < -0.3 is 24.6 Å². The molecule has 2 aromatic rings. The van der Waals surface area contributed by atoms with E-state index in [1.165, 1.54) is 0 Å². The lowest BCUT2D eigenvalue weighted by Crippen LogP contribution is -2.39. The van der Waals surface area contributed by atoms with Crippen molar-refractivity contribution in [1.82, 2.24) is 9.97 Å². The number of nitrogens with one attached hydrogen (secondary N) is 1. The maximum absolute atomic E-state index is 5.91. The lowest BCUT2D eigenvalue weighted by atomic mass is 9.81. The Morgan fingerprint density at radius 1 is 1.28 bits per heavy atom. The van der Waals surface area contributed by atoms with Crippen LogP contribution in [0.5, 0.6) is 5.75 Å². The summed E-state index contributed by atoms with van der Waals surface area (Å²) in [6.45, 7) is 4.61. The normalized spacial score (nSPS) is 27.4. The predicted molar refractivity (Wildman–Crippen MR) is 114 cm³/mol. The van der Waals surface area contributed by atoms with Crippen molar-refractivity contribution in [1.29, 1.82) is 0 Å². The van der Waals surface area contributed by atoms with Crippen LogP contribution in [0.1, 0.15) is 19.8 Å². The van der Waals surface area contributed by atoms with Crippen LogP contribution in [-0.4, -0.2) is 55.1 Å². The number of hydrogen-bond donors (Lipinski definition) is 1. The molecule has 1 N–H and O–H groups in total. The number of nitrogens with zero attached hydrogens (tertiary/aromatic N) is 4. The van der Waals surface area contributed by atoms with Gasteiger partial charge in [-0.1, -0.05) is 11.6 Å². The Hall–Kier alpha value is -2.25. The van der Waals surface area contributed by atoms with Crippen LogP contribution in [0.3, 0.4) is 0 Å². The van der Waals surface area contributed by atoms with Crippen LogP contribution in [0.4, 0.5) is 17.5 Å². The van der Waals surface area contributed by atoms with Gasteiger partial charge in [0.25, 0.3) is 0 Å². The van der Waals surface area contributed by atoms with E-state index < -0.39 is 0 Å². The second kappa shape index (κ2) is 7.54. The van der Waals surface area contributed by atoms with Crippen LogP contribution < -0.4 is 19.9 Å². The number of fused-ring (bicyclic) bond motifs is 2. The summed E-state index contributed by atoms with van der Waals surface area (Å²) < 4.78 is 11.6. The van der Waals surface area contributed by atoms with Gasteiger partial charge in [-0.15, -0.1) is 0 Å². The topological polar surface area (TPSA) is 66.0 Å². The molecule has 1 saturated carbocycles. The molecular weight excluding hydrogens is 390 g/mol. The zero-order chi connectivity index (χ0) is 20.0. The van der Waals surface area contributed by atoms with E-state index in [4.69, 9.17) is 26.1 Å². The third kappa shape index (κ3) is 3.81. The van der Waals surface area contributed by atoms with E-state index in [0.717, 1.165) is 54.8 Å². The molecule has 5 rings (SSSR count). The molecule has 29 heavy (non-hydrogen) atoms. The summed E-state index contributed by atoms with van der Waals surface area (Å²) in [6.07, 6.45) is 4.47. The van der Waals surface area contributed by atoms with Crippen molar-refractivity contribution in [3.8, 4) is 5.75 Å². The summed E-state index contributed by atoms with van der Waals surface area (Å²) in [5, 5.41) is 4.21. The van der Waals surface area contributed by atoms with Crippen LogP contribution in [0, 0.1) is 5.92 Å². The van der Waals surface area contributed by atoms with Crippen molar-refractivity contribution in [2.45, 2.75) is 38.1 Å². The number of benzene rings is 1. The largest absolute Gasteiger partial charge is 0.493 e. The third-order valence-corrected chi connectivity index (χ3v) is 6.20. The molecule has 3 aliphatic rings. The Balaban J connectivity index is 1.17. The first-order valence-electron chi connectivity index (χ1n) is 10.3. The lowest BCUT2D eigenvalue weighted by Gasteiger charge is -2.35. The quantitative estimate of drug-likeness (QED) is 0.725. The third-order valence-electron chi connectivity index (χ3n) is 5.95. The number of anilines is 3. The minimum Gasteiger partial charge on any atom is -0.493 e. The summed E-state index contributed by atoms with van der Waals surface area (Å²) in [4.78, 5) is 13.8. The van der Waals surface area contributed by atoms with Crippen molar-refractivity contribution in [3.63, 3.8) is 0 Å². The van der Waals surface area contributed by atoms with Gasteiger partial charge in [-0.25, -0.2) is 4.98 Å². The van der Waals surface area contributed by atoms with Gasteiger partial charge in [-0.2, -0.15) is 4.98 Å². The zero-order valence-electron chi connectivity index (χ0n) is 16.7. The molecule has 2 fully saturated rings. The molecule has 8 heteroatoms. The maximum atomic E-state index is 5.91. The number of halogens is 1. The Bertz CT molecular complexity index is 874. The molecule has 3 heterocycles. The second-order valence-corrected chi connectivity index (χ2v) is 8.51. The van der Waals surface area contributed by atoms with Crippen molar-refractivity contribution in [2.24, 2.45) is 5.92 Å². The number of hydrogen-bond acceptors (Lipinski definition) is 7. The smallest absolute Gasteiger partial charge is 0.224 e. The first-order chi connectivity index (χ1) is 14.1. The first kappa shape index (κ1) is 18.8. The van der Waals surface area contributed by atoms with E-state index in [2.05, 4.69) is 34.1 Å². The van der Waals surface area contributed by atoms with Crippen LogP contribution in [0.15, 0.2) is 30.5 Å². The van der Waals surface area contributed by atoms with Crippen molar-refractivity contribution >= 4 is 29.1 Å². The fraction of sp³-hybridized carbons (Fsp3) is 0.524. The standard InChI is InChI=1S/C21H26ClN5O2/c1-3-27-17-10-23-21(25-19(17)26(2)11-18-20(27)29-18)24-15-8-13(9-15)12-28-16-6-4-14(22)5-7-16/h4-7,10,13,15,18,20H,3,8-9,11-12H2,1-2H3,(H,23,24,25)/t13-,15+,18?,20?. The van der Waals surface area contributed by atoms with E-state index >= 15 is 0 Å². The summed E-state index contributed by atoms with van der Waals surface area (Å²) in [7, 11) is 2.07. The molecule has 2 aliphatic heterocycles. The van der Waals surface area contributed by atoms with Crippen LogP contribution in [-0.2, 0) is 4.74 Å². The molecule has 7 nitrogen and oxygen atoms in total. The maximum Gasteiger partial charge on any atom is 0.224 e. The van der Waals surface area contributed by atoms with Gasteiger partial charge in [0.2, 0.25) is 5.95 Å². The summed E-state index contributed by atoms with van der Waals surface area (Å²) in [6, 6.07) is 7.91. The number of ether oxygens (including phenoxy) is 2. The van der Waals surface area contributed by atoms with E-state index in [1.54, 1.807) is 0 Å². The average Bonchev–Trinajstić information content (AvgIpc) is 3.45. The molecular formula is C21H26ClN5O2. The molecule has 1 saturated heterocycles. The molecule has 0 radical (unpaired) electrons. The van der Waals surface area contributed by atoms with Gasteiger partial charge in [0.15, 0.2) is 12.0 Å². The van der Waals surface area contributed by atoms with Gasteiger partial charge in [-0.05, 0) is 49.9 Å². The zero-order valence-corrected chi connectivity index (χ0v) is 17.5. The van der Waals surface area contributed by atoms with Gasteiger partial charge in [0.05, 0.1) is 12.8 Å². The summed E-state index contributed by atoms with van der Waals surface area (Å²) >= 11 is 5.91. The summed E-state index contributed by atoms with van der Waals surface area (Å²) in [5.41, 5.74) is 1.05. The molecule has 0 amide bonds. The fourth-order valence-corrected chi connectivity index (χ4v) is 4.35. The van der Waals surface area contributed by atoms with Crippen molar-refractivity contribution < 1.29 is 9.47 Å². The molecule has 0 bridgehead atoms. The van der Waals surface area contributed by atoms with Crippen LogP contribution in [0.25, 0.3) is 0 Å². The van der Waals surface area contributed by atoms with Crippen molar-refractivity contribution in [3.05, 3.63) is 35.5 Å². The Kier molecular flexibility index (Phi) is 4.87. The highest BCUT2D eigenvalue weighted by molar-refractivity contribution is 6.30. The van der Waals surface area contributed by atoms with Crippen LogP contribution >= 0.6 is 11.6 Å². The molecule has 2 unspecified atom stereocenters. The van der Waals surface area contributed by atoms with E-state index in [0.29, 0.717) is 17.9 Å². The number of likely N-dealkylation sites (N-methyl/N-ethyl adjacent to an activating group) is 2. The van der Waals surface area contributed by atoms with Gasteiger partial charge in [0, 0.05) is 31.2 Å². The van der Waals surface area contributed by atoms with Gasteiger partial charge in [0.1, 0.15) is 17.5 Å². The Morgan fingerprint density at radius 2 is 2.07 bits per heavy atom. The Morgan fingerprint density at radius 3 is 2.83 bits per heavy atom. The molecule has 0 spiro atoms. The minimum absolute atomic E-state index is 0.166. The highest BCUT2D eigenvalue weighted by Gasteiger charge is 2.47. The SMILES string of the molecule is CCN1c2cnc(N[C@H]3C[C@@H](COc4ccc(Cl)cc4)C3)nc2N(C)CC2OC21. The lowest BCUT2D eigenvalue weighted by molar-refractivity contribution is 0.167. The van der Waals surface area contributed by atoms with E-state index in [-0.39, 0.29) is 12.3 Å². The highest BCUT2D eigenvalue weighted by atomic mass is 35.5. The number of aromatic nitrogens is 2. The van der Waals surface area contributed by atoms with Crippen molar-refractivity contribution in [2.75, 3.05) is 41.9 Å². The van der Waals surface area contributed by atoms with Gasteiger partial charge >= 0.3 is 0 Å². The van der Waals surface area contributed by atoms with Crippen LogP contribution in [0.2, 0.25) is 5.02 Å². The second-order valence-electron chi connectivity index (χ2n) is 8.08. The first-order valence-corrected chi connectivity index (χ1v) is 10.6. The molecule has 1 aromatic heterocycles. The molecule has 154 valence electrons. The highest BCUT2D eigenvalue weighted by Crippen LogP contribution is 2.40. The molecule has 1 aromatic carbocycles. The Labute approximate surface area is 176 Å². The fourth-order valence-electron chi connectivity index (χ4n) is 4.22. The molecule has 2 atom stereocenters. The number of rotatable bonds is 6. The van der Waals surface area contributed by atoms with E-state index in [1.807, 2.05) is 30.5 Å². The summed E-state index contributed by atoms with van der Waals surface area (Å²) in [5.74, 6) is 3.09. The monoisotopic (exact) mass is 415 g/mol. The van der Waals surface area contributed by atoms with Gasteiger partial charge in [-0.3, -0.25) is 0 Å². The average molecular weight is 416 g/mol.